The van der Waals surface area contributed by atoms with Crippen LogP contribution in [0.5, 0.6) is 0 Å². The Kier molecular flexibility index (Phi) is 6.08. The summed E-state index contributed by atoms with van der Waals surface area (Å²) in [6, 6.07) is 25.7. The average Bonchev–Trinajstić information content (AvgIpc) is 3.38. The van der Waals surface area contributed by atoms with Crippen molar-refractivity contribution in [1.82, 2.24) is 10.2 Å². The second-order valence-corrected chi connectivity index (χ2v) is 10.7. The van der Waals surface area contributed by atoms with E-state index in [-0.39, 0.29) is 5.91 Å². The third-order valence-corrected chi connectivity index (χ3v) is 7.36. The van der Waals surface area contributed by atoms with E-state index in [0.29, 0.717) is 5.56 Å². The van der Waals surface area contributed by atoms with E-state index in [4.69, 9.17) is 0 Å². The van der Waals surface area contributed by atoms with Crippen molar-refractivity contribution in [1.29, 1.82) is 0 Å². The highest BCUT2D eigenvalue weighted by Gasteiger charge is 2.70. The number of hydrogen-bond acceptors (Lipinski definition) is 4. The Morgan fingerprint density at radius 3 is 1.92 bits per heavy atom. The number of carbonyl (C=O) groups excluding carboxylic acids is 2. The third-order valence-electron chi connectivity index (χ3n) is 7.36. The molecule has 188 valence electrons. The minimum atomic E-state index is -1.73. The van der Waals surface area contributed by atoms with E-state index in [1.165, 1.54) is 4.90 Å². The molecule has 2 N–H and O–H groups in total. The van der Waals surface area contributed by atoms with Gasteiger partial charge in [-0.25, -0.2) is 4.79 Å². The molecule has 0 bridgehead atoms. The average molecular weight is 495 g/mol. The lowest BCUT2D eigenvalue weighted by Gasteiger charge is -2.35. The summed E-state index contributed by atoms with van der Waals surface area (Å²) in [5, 5.41) is 13.9. The van der Waals surface area contributed by atoms with Crippen molar-refractivity contribution in [2.75, 3.05) is 0 Å². The number of amides is 2. The summed E-state index contributed by atoms with van der Waals surface area (Å²) in [5.41, 5.74) is 0.783. The minimum absolute atomic E-state index is 0.341. The molecule has 0 saturated carbocycles. The Balaban J connectivity index is 1.57. The summed E-state index contributed by atoms with van der Waals surface area (Å²) in [6.07, 6.45) is 4.02. The van der Waals surface area contributed by atoms with Gasteiger partial charge in [-0.2, -0.15) is 0 Å². The van der Waals surface area contributed by atoms with Gasteiger partial charge >= 0.3 is 5.97 Å². The largest absolute Gasteiger partial charge is 0.480 e. The van der Waals surface area contributed by atoms with Crippen molar-refractivity contribution in [3.63, 3.8) is 0 Å². The summed E-state index contributed by atoms with van der Waals surface area (Å²) >= 11 is 0. The first-order valence-corrected chi connectivity index (χ1v) is 12.4. The highest BCUT2D eigenvalue weighted by Crippen LogP contribution is 2.54. The first-order chi connectivity index (χ1) is 17.6. The SMILES string of the molecule is CC(C)(C)N1C(=O)C2C(c3ccc(/C=C/c4ccccc4)cc3)NC(C(=O)O)(c3ccccc3)C2C1=O. The number of rotatable bonds is 5. The molecule has 0 aromatic heterocycles. The van der Waals surface area contributed by atoms with Crippen LogP contribution in [0.15, 0.2) is 84.9 Å². The molecule has 0 aliphatic carbocycles. The molecule has 2 heterocycles. The van der Waals surface area contributed by atoms with Gasteiger partial charge in [0.05, 0.1) is 11.8 Å². The van der Waals surface area contributed by atoms with E-state index in [0.717, 1.165) is 16.7 Å². The van der Waals surface area contributed by atoms with E-state index in [1.807, 2.05) is 66.7 Å². The molecule has 2 aliphatic rings. The zero-order valence-electron chi connectivity index (χ0n) is 21.1. The zero-order valence-corrected chi connectivity index (χ0v) is 21.1. The fourth-order valence-corrected chi connectivity index (χ4v) is 5.71. The fourth-order valence-electron chi connectivity index (χ4n) is 5.71. The van der Waals surface area contributed by atoms with Gasteiger partial charge in [0.25, 0.3) is 0 Å². The normalized spacial score (nSPS) is 25.6. The predicted molar refractivity (Wildman–Crippen MR) is 142 cm³/mol. The molecular weight excluding hydrogens is 464 g/mol. The van der Waals surface area contributed by atoms with Crippen molar-refractivity contribution in [2.45, 2.75) is 37.9 Å². The predicted octanol–water partition coefficient (Wildman–Crippen LogP) is 4.88. The number of hydrogen-bond donors (Lipinski definition) is 2. The Bertz CT molecular complexity index is 1360. The number of nitrogens with zero attached hydrogens (tertiary/aromatic N) is 1. The summed E-state index contributed by atoms with van der Waals surface area (Å²) in [4.78, 5) is 41.8. The molecule has 2 saturated heterocycles. The first kappa shape index (κ1) is 24.7. The summed E-state index contributed by atoms with van der Waals surface area (Å²) in [7, 11) is 0. The van der Waals surface area contributed by atoms with Crippen LogP contribution in [0, 0.1) is 11.8 Å². The summed E-state index contributed by atoms with van der Waals surface area (Å²) < 4.78 is 0. The molecule has 2 amide bonds. The van der Waals surface area contributed by atoms with Crippen LogP contribution in [-0.4, -0.2) is 33.3 Å². The Morgan fingerprint density at radius 2 is 1.38 bits per heavy atom. The monoisotopic (exact) mass is 494 g/mol. The molecule has 2 aliphatic heterocycles. The molecule has 0 spiro atoms. The number of likely N-dealkylation sites (tertiary alicyclic amines) is 1. The molecule has 0 radical (unpaired) electrons. The third kappa shape index (κ3) is 4.07. The van der Waals surface area contributed by atoms with Gasteiger partial charge in [0.2, 0.25) is 11.8 Å². The lowest BCUT2D eigenvalue weighted by atomic mass is 9.75. The van der Waals surface area contributed by atoms with Crippen LogP contribution >= 0.6 is 0 Å². The number of nitrogens with one attached hydrogen (secondary N) is 1. The number of aliphatic carboxylic acids is 1. The number of carbonyl (C=O) groups is 3. The van der Waals surface area contributed by atoms with Gasteiger partial charge in [-0.15, -0.1) is 0 Å². The molecular formula is C31H30N2O4. The van der Waals surface area contributed by atoms with Crippen LogP contribution in [0.4, 0.5) is 0 Å². The lowest BCUT2D eigenvalue weighted by molar-refractivity contribution is -0.154. The maximum atomic E-state index is 13.8. The Morgan fingerprint density at radius 1 is 0.838 bits per heavy atom. The van der Waals surface area contributed by atoms with Gasteiger partial charge in [-0.1, -0.05) is 97.1 Å². The zero-order chi connectivity index (χ0) is 26.4. The standard InChI is InChI=1S/C31H30N2O4/c1-30(2,3)33-27(34)24-25(28(33)35)31(29(36)37,23-12-8-5-9-13-23)32-26(24)22-18-16-21(17-19-22)15-14-20-10-6-4-7-11-20/h4-19,24-26,32H,1-3H3,(H,36,37)/b15-14+. The van der Waals surface area contributed by atoms with Gasteiger partial charge in [0, 0.05) is 11.6 Å². The van der Waals surface area contributed by atoms with Crippen LogP contribution < -0.4 is 5.32 Å². The Labute approximate surface area is 216 Å². The molecule has 5 rings (SSSR count). The summed E-state index contributed by atoms with van der Waals surface area (Å²) in [5.74, 6) is -3.87. The van der Waals surface area contributed by atoms with Gasteiger partial charge < -0.3 is 5.11 Å². The van der Waals surface area contributed by atoms with Gasteiger partial charge in [0.1, 0.15) is 0 Å². The smallest absolute Gasteiger partial charge is 0.329 e. The molecule has 4 unspecified atom stereocenters. The van der Waals surface area contributed by atoms with Crippen molar-refractivity contribution >= 4 is 29.9 Å². The quantitative estimate of drug-likeness (QED) is 0.390. The molecule has 2 fully saturated rings. The van der Waals surface area contributed by atoms with E-state index in [9.17, 15) is 19.5 Å². The van der Waals surface area contributed by atoms with E-state index >= 15 is 0 Å². The molecule has 3 aromatic rings. The maximum Gasteiger partial charge on any atom is 0.329 e. The lowest BCUT2D eigenvalue weighted by Crippen LogP contribution is -2.55. The van der Waals surface area contributed by atoms with Crippen LogP contribution in [0.2, 0.25) is 0 Å². The second-order valence-electron chi connectivity index (χ2n) is 10.7. The minimum Gasteiger partial charge on any atom is -0.480 e. The molecule has 37 heavy (non-hydrogen) atoms. The highest BCUT2D eigenvalue weighted by atomic mass is 16.4. The number of imide groups is 1. The second kappa shape index (κ2) is 9.12. The number of benzene rings is 3. The molecule has 6 heteroatoms. The van der Waals surface area contributed by atoms with Crippen LogP contribution in [-0.2, 0) is 19.9 Å². The highest BCUT2D eigenvalue weighted by molar-refractivity contribution is 6.10. The fraction of sp³-hybridized carbons (Fsp3) is 0.258. The molecule has 6 nitrogen and oxygen atoms in total. The van der Waals surface area contributed by atoms with Crippen molar-refractivity contribution in [3.05, 3.63) is 107 Å². The van der Waals surface area contributed by atoms with Crippen LogP contribution in [0.1, 0.15) is 49.1 Å². The Hall–Kier alpha value is -4.03. The number of carboxylic acid groups (broad SMARTS) is 1. The van der Waals surface area contributed by atoms with Crippen molar-refractivity contribution in [3.8, 4) is 0 Å². The topological polar surface area (TPSA) is 86.7 Å². The van der Waals surface area contributed by atoms with Crippen molar-refractivity contribution in [2.24, 2.45) is 11.8 Å². The first-order valence-electron chi connectivity index (χ1n) is 12.4. The molecule has 3 aromatic carbocycles. The van der Waals surface area contributed by atoms with Gasteiger partial charge in [-0.05, 0) is 43.0 Å². The number of carboxylic acids is 1. The van der Waals surface area contributed by atoms with Gasteiger partial charge in [-0.3, -0.25) is 19.8 Å². The van der Waals surface area contributed by atoms with Crippen molar-refractivity contribution < 1.29 is 19.5 Å². The summed E-state index contributed by atoms with van der Waals surface area (Å²) in [6.45, 7) is 5.39. The maximum absolute atomic E-state index is 13.8. The van der Waals surface area contributed by atoms with E-state index in [1.54, 1.807) is 51.1 Å². The van der Waals surface area contributed by atoms with Crippen LogP contribution in [0.3, 0.4) is 0 Å². The number of fused-ring (bicyclic) bond motifs is 1. The van der Waals surface area contributed by atoms with E-state index < -0.39 is 40.8 Å². The van der Waals surface area contributed by atoms with E-state index in [2.05, 4.69) is 5.32 Å². The van der Waals surface area contributed by atoms with Crippen LogP contribution in [0.25, 0.3) is 12.2 Å². The molecule has 4 atom stereocenters. The van der Waals surface area contributed by atoms with Gasteiger partial charge in [0.15, 0.2) is 5.54 Å².